The van der Waals surface area contributed by atoms with Crippen LogP contribution in [0.2, 0.25) is 0 Å². The Bertz CT molecular complexity index is 268. The summed E-state index contributed by atoms with van der Waals surface area (Å²) in [6.45, 7) is 0.144. The minimum Gasteiger partial charge on any atom is -0.382 e. The van der Waals surface area contributed by atoms with Crippen molar-refractivity contribution in [3.05, 3.63) is 0 Å². The molecule has 0 aliphatic carbocycles. The van der Waals surface area contributed by atoms with Crippen molar-refractivity contribution >= 4 is 45.8 Å². The Hall–Kier alpha value is 1.21. The van der Waals surface area contributed by atoms with Crippen molar-refractivity contribution in [2.24, 2.45) is 0 Å². The summed E-state index contributed by atoms with van der Waals surface area (Å²) in [5.74, 6) is 0. The average Bonchev–Trinajstić information content (AvgIpc) is 2.32. The van der Waals surface area contributed by atoms with Crippen LogP contribution < -0.4 is 0 Å². The molecule has 4 nitrogen and oxygen atoms in total. The van der Waals surface area contributed by atoms with E-state index in [-0.39, 0.29) is 6.61 Å². The third kappa shape index (κ3) is 4.18. The first kappa shape index (κ1) is 14.3. The zero-order valence-corrected chi connectivity index (χ0v) is 11.7. The van der Waals surface area contributed by atoms with Gasteiger partial charge in [0.15, 0.2) is 0 Å². The van der Waals surface area contributed by atoms with Crippen molar-refractivity contribution in [2.45, 2.75) is 24.4 Å². The zero-order valence-electron chi connectivity index (χ0n) is 7.88. The molecule has 9 heteroatoms. The molecule has 0 aromatic rings. The molecule has 5 atom stereocenters. The lowest BCUT2D eigenvalue weighted by molar-refractivity contribution is -0.00958. The lowest BCUT2D eigenvalue weighted by Gasteiger charge is -2.21. The first-order valence-electron chi connectivity index (χ1n) is 4.10. The molecule has 3 unspecified atom stereocenters. The quantitative estimate of drug-likeness (QED) is 0.456. The van der Waals surface area contributed by atoms with E-state index in [1.54, 1.807) is 22.0 Å². The molecule has 1 fully saturated rings. The predicted molar refractivity (Wildman–Crippen MR) is 66.6 cm³/mol. The Morgan fingerprint density at radius 3 is 2.80 bits per heavy atom. The maximum Gasteiger partial charge on any atom is 0.247 e. The molecule has 1 aliphatic rings. The third-order valence-electron chi connectivity index (χ3n) is 1.91. The summed E-state index contributed by atoms with van der Waals surface area (Å²) in [6.07, 6.45) is -3.11. The van der Waals surface area contributed by atoms with Crippen molar-refractivity contribution in [1.82, 2.24) is 0 Å². The first-order valence-corrected chi connectivity index (χ1v) is 9.56. The Morgan fingerprint density at radius 2 is 2.33 bits per heavy atom. The van der Waals surface area contributed by atoms with E-state index in [0.29, 0.717) is 0 Å². The van der Waals surface area contributed by atoms with Crippen LogP contribution >= 0.6 is 26.2 Å². The zero-order chi connectivity index (χ0) is 11.6. The van der Waals surface area contributed by atoms with E-state index >= 15 is 0 Å². The summed E-state index contributed by atoms with van der Waals surface area (Å²) in [4.78, 5) is 9.35. The van der Waals surface area contributed by atoms with Crippen LogP contribution in [0.15, 0.2) is 0 Å². The van der Waals surface area contributed by atoms with Crippen LogP contribution in [-0.2, 0) is 25.8 Å². The highest BCUT2D eigenvalue weighted by Gasteiger charge is 2.45. The summed E-state index contributed by atoms with van der Waals surface area (Å²) in [5, 5.41) is 0. The Balaban J connectivity index is 2.68. The molecule has 1 heterocycles. The van der Waals surface area contributed by atoms with Gasteiger partial charge in [0.1, 0.15) is 26.2 Å². The van der Waals surface area contributed by atoms with Gasteiger partial charge in [-0.1, -0.05) is 0 Å². The summed E-state index contributed by atoms with van der Waals surface area (Å²) >= 11 is 6.25. The monoisotopic (exact) mass is 366 g/mol. The Morgan fingerprint density at radius 1 is 1.73 bits per heavy atom. The second kappa shape index (κ2) is 5.70. The van der Waals surface area contributed by atoms with Gasteiger partial charge in [-0.25, -0.2) is 4.39 Å². The minimum atomic E-state index is -2.97. The fourth-order valence-corrected chi connectivity index (χ4v) is 2.96. The summed E-state index contributed by atoms with van der Waals surface area (Å²) in [6, 6.07) is -1.06. The fraction of sp³-hybridized carbons (Fsp3) is 1.00. The van der Waals surface area contributed by atoms with E-state index in [9.17, 15) is 9.28 Å². The number of methoxy groups -OCH3 is 1. The molecule has 2 radical (unpaired) electrons. The van der Waals surface area contributed by atoms with Crippen molar-refractivity contribution in [3.8, 4) is 0 Å². The van der Waals surface area contributed by atoms with Gasteiger partial charge in [-0.2, -0.15) is 0 Å². The molecule has 0 saturated carbocycles. The van der Waals surface area contributed by atoms with Crippen LogP contribution in [0.5, 0.6) is 0 Å². The van der Waals surface area contributed by atoms with Gasteiger partial charge >= 0.3 is 0 Å². The summed E-state index contributed by atoms with van der Waals surface area (Å²) in [7, 11) is 6.82. The summed E-state index contributed by atoms with van der Waals surface area (Å²) in [5.41, 5.74) is 0. The largest absolute Gasteiger partial charge is 0.382 e. The molecule has 0 aromatic carbocycles. The number of rotatable bonds is 4. The van der Waals surface area contributed by atoms with Crippen LogP contribution in [0.4, 0.5) is 4.39 Å². The Kier molecular flexibility index (Phi) is 5.43. The highest BCUT2D eigenvalue weighted by molar-refractivity contribution is 14.2. The second-order valence-electron chi connectivity index (χ2n) is 3.06. The fourth-order valence-electron chi connectivity index (χ4n) is 1.32. The molecule has 0 amide bonds. The van der Waals surface area contributed by atoms with Gasteiger partial charge in [0.05, 0.1) is 12.6 Å². The van der Waals surface area contributed by atoms with Crippen LogP contribution in [-0.4, -0.2) is 50.8 Å². The molecule has 0 spiro atoms. The lowest BCUT2D eigenvalue weighted by atomic mass is 9.94. The van der Waals surface area contributed by atoms with E-state index in [2.05, 4.69) is 11.8 Å². The normalized spacial score (nSPS) is 40.3. The first-order chi connectivity index (χ1) is 6.85. The summed E-state index contributed by atoms with van der Waals surface area (Å²) < 4.78 is 25.5. The SMILES string of the molecule is [B][C@@H]1O[C@H](COC)C(OP(O)(=S)I)C1F. The second-order valence-corrected chi connectivity index (χ2v) is 11.5. The Labute approximate surface area is 107 Å². The van der Waals surface area contributed by atoms with E-state index in [4.69, 9.17) is 21.8 Å². The highest BCUT2D eigenvalue weighted by Crippen LogP contribution is 2.54. The van der Waals surface area contributed by atoms with Gasteiger partial charge in [0.2, 0.25) is 4.13 Å². The molecule has 1 rings (SSSR count). The number of hydrogen-bond acceptors (Lipinski definition) is 4. The van der Waals surface area contributed by atoms with Gasteiger partial charge in [-0.05, 0) is 11.8 Å². The van der Waals surface area contributed by atoms with Gasteiger partial charge in [-0.3, -0.25) is 0 Å². The van der Waals surface area contributed by atoms with E-state index in [1.165, 1.54) is 7.11 Å². The molecular formula is C6H10BFIO4PS. The molecule has 0 bridgehead atoms. The van der Waals surface area contributed by atoms with Gasteiger partial charge in [-0.15, -0.1) is 0 Å². The molecule has 1 saturated heterocycles. The predicted octanol–water partition coefficient (Wildman–Crippen LogP) is 0.901. The molecule has 0 aromatic heterocycles. The average molecular weight is 366 g/mol. The lowest BCUT2D eigenvalue weighted by Crippen LogP contribution is -2.33. The molecular weight excluding hydrogens is 356 g/mol. The van der Waals surface area contributed by atoms with Crippen LogP contribution in [0, 0.1) is 0 Å². The van der Waals surface area contributed by atoms with Crippen molar-refractivity contribution < 1.29 is 23.3 Å². The molecule has 15 heavy (non-hydrogen) atoms. The smallest absolute Gasteiger partial charge is 0.247 e. The molecule has 1 N–H and O–H groups in total. The van der Waals surface area contributed by atoms with E-state index < -0.39 is 28.5 Å². The molecule has 86 valence electrons. The maximum absolute atomic E-state index is 13.5. The number of hydrogen-bond donors (Lipinski definition) is 1. The van der Waals surface area contributed by atoms with Crippen molar-refractivity contribution in [2.75, 3.05) is 13.7 Å². The highest BCUT2D eigenvalue weighted by atomic mass is 127. The topological polar surface area (TPSA) is 47.9 Å². The number of alkyl halides is 1. The number of ether oxygens (including phenoxy) is 2. The van der Waals surface area contributed by atoms with E-state index in [0.717, 1.165) is 0 Å². The maximum atomic E-state index is 13.5. The van der Waals surface area contributed by atoms with Crippen molar-refractivity contribution in [3.63, 3.8) is 0 Å². The standard InChI is InChI=1S/C6H10BFIO4PS/c1-11-2-3-5(13-14(9,10)15)4(8)6(7)12-3/h3-6H,2H2,1H3,(H,10,15)/t3-,4?,5?,6-,14?/m1/s1. The minimum absolute atomic E-state index is 0.144. The van der Waals surface area contributed by atoms with Gasteiger partial charge in [0.25, 0.3) is 0 Å². The number of halogens is 2. The van der Waals surface area contributed by atoms with E-state index in [1.807, 2.05) is 0 Å². The van der Waals surface area contributed by atoms with Gasteiger partial charge < -0.3 is 18.9 Å². The molecule has 1 aliphatic heterocycles. The van der Waals surface area contributed by atoms with Crippen LogP contribution in [0.3, 0.4) is 0 Å². The van der Waals surface area contributed by atoms with Crippen LogP contribution in [0.25, 0.3) is 0 Å². The van der Waals surface area contributed by atoms with Crippen molar-refractivity contribution in [1.29, 1.82) is 0 Å². The van der Waals surface area contributed by atoms with Crippen LogP contribution in [0.1, 0.15) is 0 Å². The third-order valence-corrected chi connectivity index (χ3v) is 3.35. The van der Waals surface area contributed by atoms with Gasteiger partial charge in [0, 0.05) is 29.2 Å².